The second-order valence-corrected chi connectivity index (χ2v) is 9.97. The van der Waals surface area contributed by atoms with E-state index in [1.807, 2.05) is 11.4 Å². The first-order valence-electron chi connectivity index (χ1n) is 8.84. The fraction of sp³-hybridized carbons (Fsp3) is 0.200. The quantitative estimate of drug-likeness (QED) is 0.493. The van der Waals surface area contributed by atoms with Crippen molar-refractivity contribution in [2.45, 2.75) is 23.7 Å². The van der Waals surface area contributed by atoms with Gasteiger partial charge in [0.25, 0.3) is 0 Å². The topological polar surface area (TPSA) is 46.6 Å². The Morgan fingerprint density at radius 1 is 1.03 bits per heavy atom. The minimum atomic E-state index is -4.79. The van der Waals surface area contributed by atoms with Crippen molar-refractivity contribution in [1.29, 1.82) is 0 Å². The molecule has 1 aliphatic heterocycles. The van der Waals surface area contributed by atoms with Crippen molar-refractivity contribution < 1.29 is 26.3 Å². The molecule has 0 saturated heterocycles. The molecule has 0 amide bonds. The lowest BCUT2D eigenvalue weighted by Crippen LogP contribution is -2.40. The molecule has 0 saturated carbocycles. The molecule has 0 spiro atoms. The van der Waals surface area contributed by atoms with Crippen molar-refractivity contribution in [3.63, 3.8) is 0 Å². The zero-order valence-electron chi connectivity index (χ0n) is 15.3. The number of halogens is 4. The molecule has 0 N–H and O–H groups in total. The van der Waals surface area contributed by atoms with Crippen LogP contribution in [0.4, 0.5) is 13.2 Å². The van der Waals surface area contributed by atoms with Crippen molar-refractivity contribution in [2.75, 3.05) is 6.54 Å². The van der Waals surface area contributed by atoms with E-state index in [0.29, 0.717) is 17.0 Å². The largest absolute Gasteiger partial charge is 0.573 e. The van der Waals surface area contributed by atoms with Gasteiger partial charge in [0.2, 0.25) is 10.0 Å². The van der Waals surface area contributed by atoms with Crippen LogP contribution in [-0.2, 0) is 16.4 Å². The number of ether oxygens (including phenoxy) is 1. The normalized spacial score (nSPS) is 17.5. The van der Waals surface area contributed by atoms with Gasteiger partial charge in [0.05, 0.1) is 10.9 Å². The molecule has 3 aromatic rings. The highest BCUT2D eigenvalue weighted by atomic mass is 35.5. The summed E-state index contributed by atoms with van der Waals surface area (Å²) in [6.07, 6.45) is -4.23. The molecule has 0 bridgehead atoms. The van der Waals surface area contributed by atoms with E-state index in [1.165, 1.54) is 64.2 Å². The molecule has 0 unspecified atom stereocenters. The molecule has 2 heterocycles. The molecule has 10 heteroatoms. The third kappa shape index (κ3) is 4.20. The van der Waals surface area contributed by atoms with Gasteiger partial charge in [0.15, 0.2) is 0 Å². The summed E-state index contributed by atoms with van der Waals surface area (Å²) >= 11 is 7.42. The first kappa shape index (κ1) is 21.2. The molecule has 1 aromatic heterocycles. The van der Waals surface area contributed by atoms with Crippen molar-refractivity contribution in [3.8, 4) is 5.75 Å². The van der Waals surface area contributed by atoms with E-state index in [0.717, 1.165) is 10.4 Å². The van der Waals surface area contributed by atoms with Crippen LogP contribution in [0.15, 0.2) is 64.9 Å². The van der Waals surface area contributed by atoms with Gasteiger partial charge < -0.3 is 4.74 Å². The SMILES string of the molecule is O=S(=O)(c1ccc(Cl)cc1)N1CCc2sccc2[C@@H]1c1ccc(OC(F)(F)F)cc1. The lowest BCUT2D eigenvalue weighted by Gasteiger charge is -2.35. The van der Waals surface area contributed by atoms with E-state index in [2.05, 4.69) is 4.74 Å². The highest BCUT2D eigenvalue weighted by Gasteiger charge is 2.38. The highest BCUT2D eigenvalue weighted by Crippen LogP contribution is 2.41. The summed E-state index contributed by atoms with van der Waals surface area (Å²) < 4.78 is 69.5. The van der Waals surface area contributed by atoms with E-state index >= 15 is 0 Å². The van der Waals surface area contributed by atoms with Gasteiger partial charge in [-0.25, -0.2) is 8.42 Å². The zero-order valence-corrected chi connectivity index (χ0v) is 17.7. The predicted octanol–water partition coefficient (Wildman–Crippen LogP) is 5.64. The number of hydrogen-bond donors (Lipinski definition) is 0. The van der Waals surface area contributed by atoms with Gasteiger partial charge in [-0.1, -0.05) is 23.7 Å². The van der Waals surface area contributed by atoms with Crippen LogP contribution in [0.1, 0.15) is 22.0 Å². The summed E-state index contributed by atoms with van der Waals surface area (Å²) in [6.45, 7) is 0.254. The van der Waals surface area contributed by atoms with Crippen molar-refractivity contribution >= 4 is 33.0 Å². The second-order valence-electron chi connectivity index (χ2n) is 6.64. The van der Waals surface area contributed by atoms with Crippen molar-refractivity contribution in [2.24, 2.45) is 0 Å². The van der Waals surface area contributed by atoms with Crippen molar-refractivity contribution in [1.82, 2.24) is 4.31 Å². The number of thiophene rings is 1. The first-order chi connectivity index (χ1) is 14.1. The Bertz CT molecular complexity index is 1140. The Morgan fingerprint density at radius 3 is 2.33 bits per heavy atom. The number of fused-ring (bicyclic) bond motifs is 1. The van der Waals surface area contributed by atoms with Crippen molar-refractivity contribution in [3.05, 3.63) is 81.0 Å². The number of nitrogens with zero attached hydrogens (tertiary/aromatic N) is 1. The number of rotatable bonds is 4. The van der Waals surface area contributed by atoms with Crippen LogP contribution < -0.4 is 4.74 Å². The van der Waals surface area contributed by atoms with Crippen LogP contribution in [0.25, 0.3) is 0 Å². The highest BCUT2D eigenvalue weighted by molar-refractivity contribution is 7.89. The smallest absolute Gasteiger partial charge is 0.406 e. The minimum Gasteiger partial charge on any atom is -0.406 e. The molecule has 0 fully saturated rings. The van der Waals surface area contributed by atoms with E-state index in [1.54, 1.807) is 0 Å². The Morgan fingerprint density at radius 2 is 1.70 bits per heavy atom. The number of benzene rings is 2. The Kier molecular flexibility index (Phi) is 5.56. The van der Waals surface area contributed by atoms with Crippen LogP contribution >= 0.6 is 22.9 Å². The van der Waals surface area contributed by atoms with Gasteiger partial charge in [-0.2, -0.15) is 4.31 Å². The molecular formula is C20H15ClF3NO3S2. The first-order valence-corrected chi connectivity index (χ1v) is 11.5. The molecule has 158 valence electrons. The molecule has 1 aliphatic rings. The third-order valence-corrected chi connectivity index (χ3v) is 7.90. The molecule has 4 nitrogen and oxygen atoms in total. The van der Waals surface area contributed by atoms with Crippen LogP contribution in [0.2, 0.25) is 5.02 Å². The fourth-order valence-electron chi connectivity index (χ4n) is 3.49. The maximum atomic E-state index is 13.4. The summed E-state index contributed by atoms with van der Waals surface area (Å²) in [7, 11) is -3.87. The predicted molar refractivity (Wildman–Crippen MR) is 108 cm³/mol. The Hall–Kier alpha value is -2.07. The van der Waals surface area contributed by atoms with Gasteiger partial charge in [-0.15, -0.1) is 24.5 Å². The Balaban J connectivity index is 1.75. The summed E-state index contributed by atoms with van der Waals surface area (Å²) in [6, 6.07) is 12.4. The van der Waals surface area contributed by atoms with Gasteiger partial charge in [0, 0.05) is 16.4 Å². The molecule has 0 radical (unpaired) electrons. The number of alkyl halides is 3. The molecule has 0 aliphatic carbocycles. The van der Waals surface area contributed by atoms with Gasteiger partial charge in [0.1, 0.15) is 5.75 Å². The molecule has 1 atom stereocenters. The van der Waals surface area contributed by atoms with Gasteiger partial charge in [-0.3, -0.25) is 0 Å². The summed E-state index contributed by atoms with van der Waals surface area (Å²) in [4.78, 5) is 1.16. The van der Waals surface area contributed by atoms with Gasteiger partial charge in [-0.05, 0) is 65.4 Å². The van der Waals surface area contributed by atoms with Gasteiger partial charge >= 0.3 is 6.36 Å². The standard InChI is InChI=1S/C20H15ClF3NO3S2/c21-14-3-7-16(8-4-14)30(26,27)25-11-9-18-17(10-12-29-18)19(25)13-1-5-15(6-2-13)28-20(22,23)24/h1-8,10,12,19H,9,11H2/t19-/m0/s1. The van der Waals surface area contributed by atoms with Crippen LogP contribution in [-0.4, -0.2) is 25.6 Å². The summed E-state index contributed by atoms with van der Waals surface area (Å²) in [5, 5.41) is 2.31. The van der Waals surface area contributed by atoms with E-state index < -0.39 is 22.4 Å². The molecule has 4 rings (SSSR count). The Labute approximate surface area is 180 Å². The lowest BCUT2D eigenvalue weighted by atomic mass is 9.95. The van der Waals surface area contributed by atoms with Crippen LogP contribution in [0.3, 0.4) is 0 Å². The summed E-state index contributed by atoms with van der Waals surface area (Å²) in [5.74, 6) is -0.361. The molecular weight excluding hydrogens is 459 g/mol. The fourth-order valence-corrected chi connectivity index (χ4v) is 6.12. The minimum absolute atomic E-state index is 0.104. The number of hydrogen-bond acceptors (Lipinski definition) is 4. The average Bonchev–Trinajstić information content (AvgIpc) is 3.16. The van der Waals surface area contributed by atoms with Crippen LogP contribution in [0, 0.1) is 0 Å². The zero-order chi connectivity index (χ0) is 21.5. The number of sulfonamides is 1. The van der Waals surface area contributed by atoms with E-state index in [-0.39, 0.29) is 17.2 Å². The van der Waals surface area contributed by atoms with Crippen LogP contribution in [0.5, 0.6) is 5.75 Å². The van der Waals surface area contributed by atoms with E-state index in [4.69, 9.17) is 11.6 Å². The second kappa shape index (κ2) is 7.88. The monoisotopic (exact) mass is 473 g/mol. The maximum absolute atomic E-state index is 13.4. The lowest BCUT2D eigenvalue weighted by molar-refractivity contribution is -0.274. The molecule has 2 aromatic carbocycles. The molecule has 30 heavy (non-hydrogen) atoms. The maximum Gasteiger partial charge on any atom is 0.573 e. The third-order valence-electron chi connectivity index (χ3n) is 4.77. The average molecular weight is 474 g/mol. The summed E-state index contributed by atoms with van der Waals surface area (Å²) in [5.41, 5.74) is 1.38. The van der Waals surface area contributed by atoms with E-state index in [9.17, 15) is 21.6 Å².